The quantitative estimate of drug-likeness (QED) is 0.907. The van der Waals surface area contributed by atoms with Crippen LogP contribution >= 0.6 is 0 Å². The van der Waals surface area contributed by atoms with Crippen LogP contribution in [0.15, 0.2) is 48.5 Å². The fourth-order valence-electron chi connectivity index (χ4n) is 4.23. The van der Waals surface area contributed by atoms with E-state index in [-0.39, 0.29) is 30.4 Å². The van der Waals surface area contributed by atoms with Crippen molar-refractivity contribution in [1.82, 2.24) is 5.32 Å². The molecule has 5 heteroatoms. The molecule has 4 rings (SSSR count). The molecule has 1 aliphatic heterocycles. The SMILES string of the molecule is CCOC1c2ccccc2CC1NC(=O)[C@H]1CC(=O)N(C)c2ccccc21. The van der Waals surface area contributed by atoms with Gasteiger partial charge in [-0.15, -0.1) is 0 Å². The number of hydrogen-bond acceptors (Lipinski definition) is 3. The first-order valence-electron chi connectivity index (χ1n) is 9.45. The van der Waals surface area contributed by atoms with Crippen molar-refractivity contribution in [3.8, 4) is 0 Å². The van der Waals surface area contributed by atoms with Gasteiger partial charge in [-0.05, 0) is 36.1 Å². The number of carbonyl (C=O) groups excluding carboxylic acids is 2. The number of benzene rings is 2. The predicted octanol–water partition coefficient (Wildman–Crippen LogP) is 2.96. The molecule has 2 aromatic rings. The number of hydrogen-bond donors (Lipinski definition) is 1. The van der Waals surface area contributed by atoms with Gasteiger partial charge in [-0.1, -0.05) is 42.5 Å². The molecule has 0 spiro atoms. The zero-order valence-corrected chi connectivity index (χ0v) is 15.6. The average Bonchev–Trinajstić information content (AvgIpc) is 3.02. The smallest absolute Gasteiger partial charge is 0.228 e. The summed E-state index contributed by atoms with van der Waals surface area (Å²) in [6.45, 7) is 2.55. The van der Waals surface area contributed by atoms with Gasteiger partial charge in [0.15, 0.2) is 0 Å². The Morgan fingerprint density at radius 3 is 2.59 bits per heavy atom. The molecule has 1 aliphatic carbocycles. The fourth-order valence-corrected chi connectivity index (χ4v) is 4.23. The molecule has 0 fully saturated rings. The minimum Gasteiger partial charge on any atom is -0.372 e. The summed E-state index contributed by atoms with van der Waals surface area (Å²) in [5.41, 5.74) is 4.07. The molecular weight excluding hydrogens is 340 g/mol. The van der Waals surface area contributed by atoms with Crippen molar-refractivity contribution < 1.29 is 14.3 Å². The number of fused-ring (bicyclic) bond motifs is 2. The summed E-state index contributed by atoms with van der Waals surface area (Å²) in [5.74, 6) is -0.604. The van der Waals surface area contributed by atoms with Gasteiger partial charge in [0.1, 0.15) is 6.10 Å². The lowest BCUT2D eigenvalue weighted by Gasteiger charge is -2.32. The third-order valence-electron chi connectivity index (χ3n) is 5.58. The van der Waals surface area contributed by atoms with Crippen molar-refractivity contribution in [2.24, 2.45) is 0 Å². The molecule has 3 atom stereocenters. The van der Waals surface area contributed by atoms with Crippen LogP contribution in [0.2, 0.25) is 0 Å². The van der Waals surface area contributed by atoms with E-state index in [4.69, 9.17) is 4.74 Å². The third-order valence-corrected chi connectivity index (χ3v) is 5.58. The minimum atomic E-state index is -0.462. The van der Waals surface area contributed by atoms with Crippen molar-refractivity contribution in [2.45, 2.75) is 37.8 Å². The maximum atomic E-state index is 13.1. The van der Waals surface area contributed by atoms with Crippen molar-refractivity contribution >= 4 is 17.5 Å². The average molecular weight is 364 g/mol. The summed E-state index contributed by atoms with van der Waals surface area (Å²) >= 11 is 0. The van der Waals surface area contributed by atoms with Crippen LogP contribution in [0.1, 0.15) is 42.1 Å². The highest BCUT2D eigenvalue weighted by atomic mass is 16.5. The summed E-state index contributed by atoms with van der Waals surface area (Å²) in [4.78, 5) is 27.1. The van der Waals surface area contributed by atoms with E-state index < -0.39 is 5.92 Å². The lowest BCUT2D eigenvalue weighted by Crippen LogP contribution is -2.44. The molecular formula is C22H24N2O3. The minimum absolute atomic E-state index is 0.0371. The van der Waals surface area contributed by atoms with Gasteiger partial charge in [0.2, 0.25) is 11.8 Å². The number of amides is 2. The van der Waals surface area contributed by atoms with E-state index in [2.05, 4.69) is 17.4 Å². The van der Waals surface area contributed by atoms with E-state index in [0.717, 1.165) is 23.2 Å². The maximum Gasteiger partial charge on any atom is 0.228 e. The highest BCUT2D eigenvalue weighted by Crippen LogP contribution is 2.37. The molecule has 0 bridgehead atoms. The Morgan fingerprint density at radius 1 is 1.11 bits per heavy atom. The van der Waals surface area contributed by atoms with Gasteiger partial charge >= 0.3 is 0 Å². The van der Waals surface area contributed by atoms with Crippen molar-refractivity contribution in [2.75, 3.05) is 18.6 Å². The number of ether oxygens (including phenoxy) is 1. The Balaban J connectivity index is 1.58. The van der Waals surface area contributed by atoms with Crippen LogP contribution in [0.3, 0.4) is 0 Å². The van der Waals surface area contributed by atoms with Crippen LogP contribution < -0.4 is 10.2 Å². The van der Waals surface area contributed by atoms with Gasteiger partial charge < -0.3 is 15.0 Å². The van der Waals surface area contributed by atoms with Gasteiger partial charge in [0, 0.05) is 25.8 Å². The van der Waals surface area contributed by atoms with E-state index in [9.17, 15) is 9.59 Å². The Morgan fingerprint density at radius 2 is 1.81 bits per heavy atom. The van der Waals surface area contributed by atoms with Crippen LogP contribution in [-0.2, 0) is 20.7 Å². The summed E-state index contributed by atoms with van der Waals surface area (Å²) in [7, 11) is 1.76. The predicted molar refractivity (Wildman–Crippen MR) is 104 cm³/mol. The standard InChI is InChI=1S/C22H24N2O3/c1-3-27-21-15-9-5-4-8-14(15)12-18(21)23-22(26)17-13-20(25)24(2)19-11-7-6-10-16(17)19/h4-11,17-18,21H,3,12-13H2,1-2H3,(H,23,26)/t17-,18?,21?/m0/s1. The number of para-hydroxylation sites is 1. The van der Waals surface area contributed by atoms with Gasteiger partial charge in [-0.25, -0.2) is 0 Å². The number of rotatable bonds is 4. The fraction of sp³-hybridized carbons (Fsp3) is 0.364. The Hall–Kier alpha value is -2.66. The maximum absolute atomic E-state index is 13.1. The highest BCUT2D eigenvalue weighted by Gasteiger charge is 2.38. The molecule has 5 nitrogen and oxygen atoms in total. The highest BCUT2D eigenvalue weighted by molar-refractivity contribution is 6.02. The molecule has 2 amide bonds. The molecule has 1 N–H and O–H groups in total. The molecule has 2 unspecified atom stereocenters. The summed E-state index contributed by atoms with van der Waals surface area (Å²) in [6.07, 6.45) is 0.792. The molecule has 1 heterocycles. The first kappa shape index (κ1) is 17.7. The van der Waals surface area contributed by atoms with Crippen molar-refractivity contribution in [3.05, 3.63) is 65.2 Å². The number of nitrogens with one attached hydrogen (secondary N) is 1. The summed E-state index contributed by atoms with van der Waals surface area (Å²) in [5, 5.41) is 3.17. The number of carbonyl (C=O) groups is 2. The lowest BCUT2D eigenvalue weighted by atomic mass is 9.88. The molecule has 0 radical (unpaired) electrons. The van der Waals surface area contributed by atoms with Crippen LogP contribution in [0, 0.1) is 0 Å². The third kappa shape index (κ3) is 3.12. The van der Waals surface area contributed by atoms with E-state index in [1.165, 1.54) is 5.56 Å². The normalized spacial score (nSPS) is 23.7. The first-order valence-corrected chi connectivity index (χ1v) is 9.45. The van der Waals surface area contributed by atoms with Gasteiger partial charge in [0.25, 0.3) is 0 Å². The van der Waals surface area contributed by atoms with Crippen molar-refractivity contribution in [1.29, 1.82) is 0 Å². The van der Waals surface area contributed by atoms with E-state index >= 15 is 0 Å². The van der Waals surface area contributed by atoms with Gasteiger partial charge in [-0.2, -0.15) is 0 Å². The summed E-state index contributed by atoms with van der Waals surface area (Å²) < 4.78 is 5.95. The van der Waals surface area contributed by atoms with E-state index in [0.29, 0.717) is 6.61 Å². The molecule has 0 saturated heterocycles. The van der Waals surface area contributed by atoms with Crippen LogP contribution in [0.5, 0.6) is 0 Å². The Bertz CT molecular complexity index is 879. The molecule has 2 aliphatic rings. The topological polar surface area (TPSA) is 58.6 Å². The van der Waals surface area contributed by atoms with Crippen LogP contribution in [0.25, 0.3) is 0 Å². The zero-order chi connectivity index (χ0) is 19.0. The van der Waals surface area contributed by atoms with Gasteiger partial charge in [0.05, 0.1) is 12.0 Å². The second-order valence-corrected chi connectivity index (χ2v) is 7.16. The van der Waals surface area contributed by atoms with E-state index in [1.807, 2.05) is 43.3 Å². The van der Waals surface area contributed by atoms with Crippen molar-refractivity contribution in [3.63, 3.8) is 0 Å². The molecule has 0 aromatic heterocycles. The summed E-state index contributed by atoms with van der Waals surface area (Å²) in [6, 6.07) is 15.7. The largest absolute Gasteiger partial charge is 0.372 e. The zero-order valence-electron chi connectivity index (χ0n) is 15.6. The lowest BCUT2D eigenvalue weighted by molar-refractivity contribution is -0.128. The number of anilines is 1. The second kappa shape index (κ2) is 7.16. The monoisotopic (exact) mass is 364 g/mol. The molecule has 2 aromatic carbocycles. The first-order chi connectivity index (χ1) is 13.1. The molecule has 27 heavy (non-hydrogen) atoms. The van der Waals surface area contributed by atoms with Crippen LogP contribution in [0.4, 0.5) is 5.69 Å². The molecule has 0 saturated carbocycles. The molecule has 140 valence electrons. The van der Waals surface area contributed by atoms with Gasteiger partial charge in [-0.3, -0.25) is 9.59 Å². The Kier molecular flexibility index (Phi) is 4.70. The second-order valence-electron chi connectivity index (χ2n) is 7.16. The Labute approximate surface area is 159 Å². The number of nitrogens with zero attached hydrogens (tertiary/aromatic N) is 1. The van der Waals surface area contributed by atoms with Crippen LogP contribution in [-0.4, -0.2) is 31.5 Å². The van der Waals surface area contributed by atoms with E-state index in [1.54, 1.807) is 11.9 Å².